The second-order valence-corrected chi connectivity index (χ2v) is 6.48. The van der Waals surface area contributed by atoms with E-state index >= 15 is 0 Å². The van der Waals surface area contributed by atoms with Crippen LogP contribution in [0.15, 0.2) is 24.3 Å². The lowest BCUT2D eigenvalue weighted by Gasteiger charge is -2.37. The van der Waals surface area contributed by atoms with Crippen molar-refractivity contribution >= 4 is 11.9 Å². The summed E-state index contributed by atoms with van der Waals surface area (Å²) in [6, 6.07) is 8.38. The zero-order valence-electron chi connectivity index (χ0n) is 13.4. The maximum atomic E-state index is 12.8. The van der Waals surface area contributed by atoms with Crippen molar-refractivity contribution < 1.29 is 19.4 Å². The third kappa shape index (κ3) is 3.39. The average Bonchev–Trinajstić information content (AvgIpc) is 3.05. The van der Waals surface area contributed by atoms with Gasteiger partial charge < -0.3 is 14.7 Å². The summed E-state index contributed by atoms with van der Waals surface area (Å²) in [5.41, 5.74) is 2.35. The van der Waals surface area contributed by atoms with E-state index in [0.717, 1.165) is 31.4 Å². The van der Waals surface area contributed by atoms with Crippen LogP contribution in [0.3, 0.4) is 0 Å². The fraction of sp³-hybridized carbons (Fsp3) is 0.556. The standard InChI is InChI=1S/C18H23NO4/c1-12-5-7-13(8-6-12)14-4-2-3-11-19(14)17(20)15-9-10-16(23-15)18(21)22/h5-8,14-16H,2-4,9-11H2,1H3,(H,21,22)/t14?,15-,16+/m0/s1. The summed E-state index contributed by atoms with van der Waals surface area (Å²) < 4.78 is 5.45. The number of ether oxygens (including phenoxy) is 1. The van der Waals surface area contributed by atoms with Gasteiger partial charge in [0.15, 0.2) is 6.10 Å². The Kier molecular flexibility index (Phi) is 4.66. The number of piperidine rings is 1. The van der Waals surface area contributed by atoms with E-state index in [2.05, 4.69) is 24.3 Å². The first-order valence-corrected chi connectivity index (χ1v) is 8.31. The van der Waals surface area contributed by atoms with Gasteiger partial charge >= 0.3 is 5.97 Å². The molecule has 2 aliphatic rings. The van der Waals surface area contributed by atoms with Gasteiger partial charge in [-0.2, -0.15) is 0 Å². The smallest absolute Gasteiger partial charge is 0.332 e. The van der Waals surface area contributed by atoms with Crippen LogP contribution in [0, 0.1) is 6.92 Å². The number of aliphatic carboxylic acids is 1. The molecule has 3 atom stereocenters. The number of carbonyl (C=O) groups excluding carboxylic acids is 1. The highest BCUT2D eigenvalue weighted by atomic mass is 16.5. The van der Waals surface area contributed by atoms with Crippen LogP contribution in [0.25, 0.3) is 0 Å². The number of carboxylic acid groups (broad SMARTS) is 1. The van der Waals surface area contributed by atoms with Gasteiger partial charge in [-0.3, -0.25) is 4.79 Å². The summed E-state index contributed by atoms with van der Waals surface area (Å²) in [6.45, 7) is 2.76. The Hall–Kier alpha value is -1.88. The highest BCUT2D eigenvalue weighted by molar-refractivity contribution is 5.83. The molecule has 5 heteroatoms. The lowest BCUT2D eigenvalue weighted by Crippen LogP contribution is -2.44. The summed E-state index contributed by atoms with van der Waals surface area (Å²) in [4.78, 5) is 25.7. The molecule has 1 aromatic carbocycles. The molecule has 2 heterocycles. The van der Waals surface area contributed by atoms with Crippen LogP contribution >= 0.6 is 0 Å². The molecule has 124 valence electrons. The largest absolute Gasteiger partial charge is 0.479 e. The van der Waals surface area contributed by atoms with E-state index in [1.54, 1.807) is 0 Å². The summed E-state index contributed by atoms with van der Waals surface area (Å²) in [6.07, 6.45) is 2.49. The number of amides is 1. The van der Waals surface area contributed by atoms with E-state index in [1.165, 1.54) is 5.56 Å². The molecule has 1 unspecified atom stereocenters. The number of benzene rings is 1. The molecular weight excluding hydrogens is 294 g/mol. The lowest BCUT2D eigenvalue weighted by atomic mass is 9.94. The fourth-order valence-corrected chi connectivity index (χ4v) is 3.52. The molecule has 0 aliphatic carbocycles. The highest BCUT2D eigenvalue weighted by Crippen LogP contribution is 2.33. The van der Waals surface area contributed by atoms with Gasteiger partial charge in [-0.1, -0.05) is 29.8 Å². The van der Waals surface area contributed by atoms with Gasteiger partial charge in [-0.15, -0.1) is 0 Å². The minimum atomic E-state index is -0.978. The Balaban J connectivity index is 1.75. The fourth-order valence-electron chi connectivity index (χ4n) is 3.52. The van der Waals surface area contributed by atoms with Crippen LogP contribution in [-0.4, -0.2) is 40.6 Å². The van der Waals surface area contributed by atoms with Gasteiger partial charge in [0.2, 0.25) is 0 Å². The molecule has 0 spiro atoms. The zero-order valence-corrected chi connectivity index (χ0v) is 13.4. The van der Waals surface area contributed by atoms with E-state index in [-0.39, 0.29) is 11.9 Å². The monoisotopic (exact) mass is 317 g/mol. The van der Waals surface area contributed by atoms with Crippen molar-refractivity contribution in [2.75, 3.05) is 6.54 Å². The van der Waals surface area contributed by atoms with Crippen LogP contribution in [0.2, 0.25) is 0 Å². The van der Waals surface area contributed by atoms with Crippen LogP contribution in [-0.2, 0) is 14.3 Å². The van der Waals surface area contributed by atoms with E-state index in [0.29, 0.717) is 12.8 Å². The molecule has 2 aliphatic heterocycles. The molecule has 0 saturated carbocycles. The minimum absolute atomic E-state index is 0.0565. The number of nitrogens with zero attached hydrogens (tertiary/aromatic N) is 1. The molecule has 2 saturated heterocycles. The van der Waals surface area contributed by atoms with Crippen LogP contribution in [0.1, 0.15) is 49.3 Å². The van der Waals surface area contributed by atoms with Crippen LogP contribution < -0.4 is 0 Å². The third-order valence-electron chi connectivity index (χ3n) is 4.82. The maximum absolute atomic E-state index is 12.8. The van der Waals surface area contributed by atoms with Gasteiger partial charge in [-0.05, 0) is 44.6 Å². The van der Waals surface area contributed by atoms with Crippen molar-refractivity contribution in [2.45, 2.75) is 57.3 Å². The number of carbonyl (C=O) groups is 2. The maximum Gasteiger partial charge on any atom is 0.332 e. The molecule has 1 N–H and O–H groups in total. The molecule has 0 radical (unpaired) electrons. The SMILES string of the molecule is Cc1ccc(C2CCCCN2C(=O)[C@@H]2CC[C@H](C(=O)O)O2)cc1. The summed E-state index contributed by atoms with van der Waals surface area (Å²) in [5.74, 6) is -1.03. The topological polar surface area (TPSA) is 66.8 Å². The molecule has 3 rings (SSSR count). The first kappa shape index (κ1) is 16.0. The quantitative estimate of drug-likeness (QED) is 0.931. The number of rotatable bonds is 3. The van der Waals surface area contributed by atoms with Gasteiger partial charge in [0, 0.05) is 6.54 Å². The van der Waals surface area contributed by atoms with E-state index in [4.69, 9.17) is 9.84 Å². The molecule has 1 aromatic rings. The average molecular weight is 317 g/mol. The second kappa shape index (κ2) is 6.71. The number of aryl methyl sites for hydroxylation is 1. The van der Waals surface area contributed by atoms with Gasteiger partial charge in [0.05, 0.1) is 6.04 Å². The summed E-state index contributed by atoms with van der Waals surface area (Å²) in [7, 11) is 0. The number of hydrogen-bond acceptors (Lipinski definition) is 3. The molecule has 1 amide bonds. The molecule has 5 nitrogen and oxygen atoms in total. The Morgan fingerprint density at radius 1 is 1.09 bits per heavy atom. The zero-order chi connectivity index (χ0) is 16.4. The van der Waals surface area contributed by atoms with E-state index < -0.39 is 18.2 Å². The summed E-state index contributed by atoms with van der Waals surface area (Å²) in [5, 5.41) is 9.03. The van der Waals surface area contributed by atoms with Crippen molar-refractivity contribution in [1.82, 2.24) is 4.90 Å². The Labute approximate surface area is 136 Å². The van der Waals surface area contributed by atoms with Gasteiger partial charge in [0.1, 0.15) is 6.10 Å². The van der Waals surface area contributed by atoms with Crippen molar-refractivity contribution in [3.8, 4) is 0 Å². The van der Waals surface area contributed by atoms with Crippen molar-refractivity contribution in [2.24, 2.45) is 0 Å². The Morgan fingerprint density at radius 2 is 1.78 bits per heavy atom. The molecular formula is C18H23NO4. The molecule has 23 heavy (non-hydrogen) atoms. The summed E-state index contributed by atoms with van der Waals surface area (Å²) >= 11 is 0. The van der Waals surface area contributed by atoms with Crippen molar-refractivity contribution in [3.05, 3.63) is 35.4 Å². The van der Waals surface area contributed by atoms with E-state index in [1.807, 2.05) is 11.8 Å². The second-order valence-electron chi connectivity index (χ2n) is 6.48. The van der Waals surface area contributed by atoms with Gasteiger partial charge in [0.25, 0.3) is 5.91 Å². The Bertz CT molecular complexity index is 583. The first-order valence-electron chi connectivity index (χ1n) is 8.31. The number of carboxylic acids is 1. The highest BCUT2D eigenvalue weighted by Gasteiger charge is 2.39. The number of likely N-dealkylation sites (tertiary alicyclic amines) is 1. The van der Waals surface area contributed by atoms with Crippen molar-refractivity contribution in [3.63, 3.8) is 0 Å². The molecule has 2 fully saturated rings. The van der Waals surface area contributed by atoms with E-state index in [9.17, 15) is 9.59 Å². The predicted molar refractivity (Wildman–Crippen MR) is 85.0 cm³/mol. The normalized spacial score (nSPS) is 27.9. The predicted octanol–water partition coefficient (Wildman–Crippen LogP) is 2.68. The Morgan fingerprint density at radius 3 is 2.43 bits per heavy atom. The first-order chi connectivity index (χ1) is 11.1. The van der Waals surface area contributed by atoms with Crippen LogP contribution in [0.5, 0.6) is 0 Å². The molecule has 0 bridgehead atoms. The minimum Gasteiger partial charge on any atom is -0.479 e. The van der Waals surface area contributed by atoms with Crippen LogP contribution in [0.4, 0.5) is 0 Å². The van der Waals surface area contributed by atoms with Gasteiger partial charge in [-0.25, -0.2) is 4.79 Å². The molecule has 0 aromatic heterocycles. The lowest BCUT2D eigenvalue weighted by molar-refractivity contribution is -0.156. The number of hydrogen-bond donors (Lipinski definition) is 1. The van der Waals surface area contributed by atoms with Crippen molar-refractivity contribution in [1.29, 1.82) is 0 Å². The third-order valence-corrected chi connectivity index (χ3v) is 4.82.